The number of carbonyl (C=O) groups excluding carboxylic acids is 2. The fraction of sp³-hybridized carbons (Fsp3) is 0.333. The summed E-state index contributed by atoms with van der Waals surface area (Å²) in [6.07, 6.45) is -0.880. The Morgan fingerprint density at radius 2 is 1.30 bits per heavy atom. The number of methoxy groups -OCH3 is 6. The molecule has 0 saturated heterocycles. The summed E-state index contributed by atoms with van der Waals surface area (Å²) in [6.45, 7) is 0. The lowest BCUT2D eigenvalue weighted by Crippen LogP contribution is -2.26. The fourth-order valence-corrected chi connectivity index (χ4v) is 3.74. The van der Waals surface area contributed by atoms with Crippen LogP contribution < -0.4 is 18.9 Å². The van der Waals surface area contributed by atoms with Gasteiger partial charge in [-0.25, -0.2) is 4.79 Å². The van der Waals surface area contributed by atoms with Gasteiger partial charge in [0.25, 0.3) is 0 Å². The SMILES string of the molecule is COC(=O)C1=C(c2ccc(OC)c(OC)c2)O[C@@H](c2ccc(OC)c(OC)c2)[C@@H]1C(=O)OC. The van der Waals surface area contributed by atoms with Crippen molar-refractivity contribution < 1.29 is 42.7 Å². The van der Waals surface area contributed by atoms with Crippen LogP contribution in [0.25, 0.3) is 5.76 Å². The van der Waals surface area contributed by atoms with Crippen LogP contribution in [-0.4, -0.2) is 54.6 Å². The Morgan fingerprint density at radius 3 is 1.85 bits per heavy atom. The van der Waals surface area contributed by atoms with Gasteiger partial charge in [0.1, 0.15) is 17.8 Å². The van der Waals surface area contributed by atoms with Crippen LogP contribution in [0.5, 0.6) is 23.0 Å². The summed E-state index contributed by atoms with van der Waals surface area (Å²) < 4.78 is 37.6. The Kier molecular flexibility index (Phi) is 7.32. The Morgan fingerprint density at radius 1 is 0.727 bits per heavy atom. The highest BCUT2D eigenvalue weighted by molar-refractivity contribution is 6.03. The van der Waals surface area contributed by atoms with Gasteiger partial charge >= 0.3 is 11.9 Å². The molecule has 33 heavy (non-hydrogen) atoms. The van der Waals surface area contributed by atoms with Crippen molar-refractivity contribution in [3.63, 3.8) is 0 Å². The minimum atomic E-state index is -1.08. The van der Waals surface area contributed by atoms with Gasteiger partial charge in [0, 0.05) is 5.56 Å². The average molecular weight is 458 g/mol. The summed E-state index contributed by atoms with van der Waals surface area (Å²) in [5.74, 6) is -0.373. The van der Waals surface area contributed by atoms with Gasteiger partial charge < -0.3 is 33.2 Å². The van der Waals surface area contributed by atoms with E-state index in [1.54, 1.807) is 36.4 Å². The van der Waals surface area contributed by atoms with Gasteiger partial charge in [-0.15, -0.1) is 0 Å². The highest BCUT2D eigenvalue weighted by Gasteiger charge is 2.47. The summed E-state index contributed by atoms with van der Waals surface area (Å²) in [5, 5.41) is 0. The van der Waals surface area contributed by atoms with E-state index in [1.807, 2.05) is 0 Å². The van der Waals surface area contributed by atoms with Gasteiger partial charge in [0.2, 0.25) is 0 Å². The number of esters is 2. The van der Waals surface area contributed by atoms with E-state index < -0.39 is 24.0 Å². The van der Waals surface area contributed by atoms with Crippen molar-refractivity contribution in [3.05, 3.63) is 53.1 Å². The molecule has 0 N–H and O–H groups in total. The first-order chi connectivity index (χ1) is 15.9. The Labute approximate surface area is 191 Å². The zero-order valence-corrected chi connectivity index (χ0v) is 19.3. The third-order valence-electron chi connectivity index (χ3n) is 5.35. The molecule has 9 nitrogen and oxygen atoms in total. The van der Waals surface area contributed by atoms with Crippen molar-refractivity contribution in [1.82, 2.24) is 0 Å². The molecule has 1 aliphatic heterocycles. The molecule has 0 unspecified atom stereocenters. The van der Waals surface area contributed by atoms with E-state index in [1.165, 1.54) is 42.7 Å². The highest BCUT2D eigenvalue weighted by Crippen LogP contribution is 2.48. The second-order valence-corrected chi connectivity index (χ2v) is 6.96. The van der Waals surface area contributed by atoms with Gasteiger partial charge in [0.15, 0.2) is 23.0 Å². The van der Waals surface area contributed by atoms with E-state index in [0.717, 1.165) is 0 Å². The van der Waals surface area contributed by atoms with Gasteiger partial charge in [-0.3, -0.25) is 4.79 Å². The molecular formula is C24H26O9. The Hall–Kier alpha value is -3.88. The van der Waals surface area contributed by atoms with E-state index in [0.29, 0.717) is 34.1 Å². The van der Waals surface area contributed by atoms with Crippen LogP contribution in [0.1, 0.15) is 17.2 Å². The van der Waals surface area contributed by atoms with Gasteiger partial charge in [-0.2, -0.15) is 0 Å². The average Bonchev–Trinajstić information content (AvgIpc) is 3.27. The molecule has 9 heteroatoms. The molecule has 3 rings (SSSR count). The second kappa shape index (κ2) is 10.2. The molecular weight excluding hydrogens is 432 g/mol. The molecule has 0 aromatic heterocycles. The van der Waals surface area contributed by atoms with E-state index in [9.17, 15) is 9.59 Å². The van der Waals surface area contributed by atoms with Crippen LogP contribution in [0.3, 0.4) is 0 Å². The standard InChI is InChI=1S/C24H26O9/c1-27-15-9-7-13(11-17(15)29-3)21-19(23(25)31-5)20(24(26)32-6)22(33-21)14-8-10-16(28-2)18(12-14)30-4/h7-12,19,21H,1-6H3/t19-,21+/m1/s1. The van der Waals surface area contributed by atoms with Crippen LogP contribution in [0.4, 0.5) is 0 Å². The molecule has 2 aromatic carbocycles. The lowest BCUT2D eigenvalue weighted by molar-refractivity contribution is -0.149. The first kappa shape index (κ1) is 23.8. The van der Waals surface area contributed by atoms with Gasteiger partial charge in [-0.05, 0) is 35.9 Å². The van der Waals surface area contributed by atoms with E-state index >= 15 is 0 Å². The van der Waals surface area contributed by atoms with Gasteiger partial charge in [-0.1, -0.05) is 6.07 Å². The summed E-state index contributed by atoms with van der Waals surface area (Å²) in [6, 6.07) is 10.1. The molecule has 1 heterocycles. The number of carbonyl (C=O) groups is 2. The fourth-order valence-electron chi connectivity index (χ4n) is 3.74. The molecule has 0 radical (unpaired) electrons. The van der Waals surface area contributed by atoms with Crippen molar-refractivity contribution in [2.75, 3.05) is 42.7 Å². The number of hydrogen-bond acceptors (Lipinski definition) is 9. The Bertz CT molecular complexity index is 1070. The smallest absolute Gasteiger partial charge is 0.338 e. The van der Waals surface area contributed by atoms with Crippen LogP contribution in [0.2, 0.25) is 0 Å². The van der Waals surface area contributed by atoms with Crippen LogP contribution >= 0.6 is 0 Å². The molecule has 0 spiro atoms. The summed E-state index contributed by atoms with van der Waals surface area (Å²) >= 11 is 0. The Balaban J connectivity index is 2.19. The zero-order chi connectivity index (χ0) is 24.1. The van der Waals surface area contributed by atoms with Crippen molar-refractivity contribution >= 4 is 17.7 Å². The van der Waals surface area contributed by atoms with Crippen molar-refractivity contribution in [3.8, 4) is 23.0 Å². The third kappa shape index (κ3) is 4.39. The number of benzene rings is 2. The molecule has 1 aliphatic rings. The predicted molar refractivity (Wildman–Crippen MR) is 117 cm³/mol. The molecule has 2 aromatic rings. The molecule has 0 saturated carbocycles. The van der Waals surface area contributed by atoms with Crippen LogP contribution in [-0.2, 0) is 23.8 Å². The largest absolute Gasteiger partial charge is 0.493 e. The van der Waals surface area contributed by atoms with Gasteiger partial charge in [0.05, 0.1) is 48.2 Å². The number of rotatable bonds is 8. The first-order valence-electron chi connectivity index (χ1n) is 9.95. The normalized spacial score (nSPS) is 17.2. The molecule has 2 atom stereocenters. The highest BCUT2D eigenvalue weighted by atomic mass is 16.5. The number of ether oxygens (including phenoxy) is 7. The lowest BCUT2D eigenvalue weighted by atomic mass is 9.89. The first-order valence-corrected chi connectivity index (χ1v) is 9.95. The van der Waals surface area contributed by atoms with Crippen molar-refractivity contribution in [1.29, 1.82) is 0 Å². The summed E-state index contributed by atoms with van der Waals surface area (Å²) in [7, 11) is 8.52. The summed E-state index contributed by atoms with van der Waals surface area (Å²) in [4.78, 5) is 25.7. The topological polar surface area (TPSA) is 98.8 Å². The number of hydrogen-bond donors (Lipinski definition) is 0. The molecule has 0 bridgehead atoms. The van der Waals surface area contributed by atoms with Crippen molar-refractivity contribution in [2.24, 2.45) is 5.92 Å². The molecule has 0 fully saturated rings. The zero-order valence-electron chi connectivity index (χ0n) is 19.3. The third-order valence-corrected chi connectivity index (χ3v) is 5.35. The summed E-state index contributed by atoms with van der Waals surface area (Å²) in [5.41, 5.74) is 1.13. The maximum absolute atomic E-state index is 12.9. The predicted octanol–water partition coefficient (Wildman–Crippen LogP) is 3.17. The van der Waals surface area contributed by atoms with Crippen molar-refractivity contribution in [2.45, 2.75) is 6.10 Å². The second-order valence-electron chi connectivity index (χ2n) is 6.96. The monoisotopic (exact) mass is 458 g/mol. The maximum atomic E-state index is 12.9. The van der Waals surface area contributed by atoms with Crippen LogP contribution in [0.15, 0.2) is 42.0 Å². The molecule has 0 amide bonds. The minimum Gasteiger partial charge on any atom is -0.493 e. The molecule has 176 valence electrons. The van der Waals surface area contributed by atoms with E-state index in [4.69, 9.17) is 33.2 Å². The van der Waals surface area contributed by atoms with E-state index in [-0.39, 0.29) is 11.3 Å². The minimum absolute atomic E-state index is 0.0383. The maximum Gasteiger partial charge on any atom is 0.338 e. The lowest BCUT2D eigenvalue weighted by Gasteiger charge is -2.20. The van der Waals surface area contributed by atoms with Crippen LogP contribution in [0, 0.1) is 5.92 Å². The molecule has 0 aliphatic carbocycles. The quantitative estimate of drug-likeness (QED) is 0.552. The van der Waals surface area contributed by atoms with E-state index in [2.05, 4.69) is 0 Å².